The van der Waals surface area contributed by atoms with Gasteiger partial charge in [-0.1, -0.05) is 50.2 Å². The second-order valence-corrected chi connectivity index (χ2v) is 7.62. The van der Waals surface area contributed by atoms with E-state index < -0.39 is 0 Å². The van der Waals surface area contributed by atoms with Crippen molar-refractivity contribution < 1.29 is 4.52 Å². The molecule has 1 aromatic carbocycles. The number of aromatic nitrogens is 1. The average molecular weight is 298 g/mol. The lowest BCUT2D eigenvalue weighted by atomic mass is 9.68. The molecule has 3 rings (SSSR count). The van der Waals surface area contributed by atoms with E-state index in [2.05, 4.69) is 50.2 Å². The molecule has 3 nitrogen and oxygen atoms in total. The molecule has 0 unspecified atom stereocenters. The Balaban J connectivity index is 1.82. The Hall–Kier alpha value is -1.77. The highest BCUT2D eigenvalue weighted by molar-refractivity contribution is 5.65. The van der Waals surface area contributed by atoms with Crippen molar-refractivity contribution in [1.29, 1.82) is 0 Å². The molecule has 0 radical (unpaired) electrons. The van der Waals surface area contributed by atoms with Crippen LogP contribution in [0.15, 0.2) is 34.9 Å². The Kier molecular flexibility index (Phi) is 3.98. The Morgan fingerprint density at radius 2 is 1.77 bits per heavy atom. The van der Waals surface area contributed by atoms with E-state index in [-0.39, 0.29) is 0 Å². The van der Waals surface area contributed by atoms with Crippen molar-refractivity contribution in [3.05, 3.63) is 35.9 Å². The van der Waals surface area contributed by atoms with Crippen molar-refractivity contribution >= 4 is 5.82 Å². The summed E-state index contributed by atoms with van der Waals surface area (Å²) < 4.78 is 5.38. The van der Waals surface area contributed by atoms with Gasteiger partial charge in [-0.3, -0.25) is 0 Å². The van der Waals surface area contributed by atoms with Crippen LogP contribution in [-0.2, 0) is 0 Å². The fourth-order valence-electron chi connectivity index (χ4n) is 3.76. The molecule has 0 spiro atoms. The third kappa shape index (κ3) is 3.03. The number of nitrogens with zero attached hydrogens (tertiary/aromatic N) is 1. The summed E-state index contributed by atoms with van der Waals surface area (Å²) >= 11 is 0. The molecule has 22 heavy (non-hydrogen) atoms. The zero-order chi connectivity index (χ0) is 15.7. The first-order chi connectivity index (χ1) is 10.4. The first-order valence-corrected chi connectivity index (χ1v) is 8.26. The molecule has 1 aliphatic carbocycles. The lowest BCUT2D eigenvalue weighted by Crippen LogP contribution is -2.25. The monoisotopic (exact) mass is 298 g/mol. The van der Waals surface area contributed by atoms with Crippen LogP contribution in [0.25, 0.3) is 11.3 Å². The minimum atomic E-state index is 0.421. The molecule has 3 heteroatoms. The molecule has 0 bridgehead atoms. The van der Waals surface area contributed by atoms with Gasteiger partial charge in [0, 0.05) is 11.6 Å². The zero-order valence-electron chi connectivity index (χ0n) is 13.8. The van der Waals surface area contributed by atoms with Gasteiger partial charge in [-0.05, 0) is 48.5 Å². The number of hydrogen-bond acceptors (Lipinski definition) is 3. The van der Waals surface area contributed by atoms with Crippen LogP contribution in [0, 0.1) is 11.3 Å². The summed E-state index contributed by atoms with van der Waals surface area (Å²) in [7, 11) is 0. The van der Waals surface area contributed by atoms with Crippen LogP contribution in [0.5, 0.6) is 0 Å². The SMILES string of the molecule is CC(C)(C)C1CCC(c2ccccc2-c2cc(N)no2)CC1. The van der Waals surface area contributed by atoms with E-state index in [0.717, 1.165) is 17.2 Å². The van der Waals surface area contributed by atoms with Gasteiger partial charge in [0.25, 0.3) is 0 Å². The van der Waals surface area contributed by atoms with Crippen molar-refractivity contribution in [2.24, 2.45) is 11.3 Å². The van der Waals surface area contributed by atoms with Gasteiger partial charge in [-0.25, -0.2) is 0 Å². The molecule has 1 heterocycles. The van der Waals surface area contributed by atoms with Crippen LogP contribution in [0.1, 0.15) is 57.9 Å². The van der Waals surface area contributed by atoms with E-state index in [1.165, 1.54) is 31.2 Å². The lowest BCUT2D eigenvalue weighted by molar-refractivity contribution is 0.169. The zero-order valence-corrected chi connectivity index (χ0v) is 13.8. The van der Waals surface area contributed by atoms with Crippen LogP contribution < -0.4 is 5.73 Å². The molecule has 2 aromatic rings. The van der Waals surface area contributed by atoms with Crippen molar-refractivity contribution in [2.75, 3.05) is 5.73 Å². The van der Waals surface area contributed by atoms with Gasteiger partial charge < -0.3 is 10.3 Å². The number of hydrogen-bond donors (Lipinski definition) is 1. The van der Waals surface area contributed by atoms with E-state index in [1.54, 1.807) is 0 Å². The van der Waals surface area contributed by atoms with Gasteiger partial charge in [0.05, 0.1) is 0 Å². The topological polar surface area (TPSA) is 52.0 Å². The van der Waals surface area contributed by atoms with Gasteiger partial charge in [-0.2, -0.15) is 0 Å². The van der Waals surface area contributed by atoms with Crippen LogP contribution in [0.4, 0.5) is 5.82 Å². The number of rotatable bonds is 2. The highest BCUT2D eigenvalue weighted by Gasteiger charge is 2.31. The van der Waals surface area contributed by atoms with Crippen molar-refractivity contribution in [3.63, 3.8) is 0 Å². The molecule has 0 saturated heterocycles. The summed E-state index contributed by atoms with van der Waals surface area (Å²) in [4.78, 5) is 0. The highest BCUT2D eigenvalue weighted by atomic mass is 16.5. The third-order valence-corrected chi connectivity index (χ3v) is 5.15. The minimum Gasteiger partial charge on any atom is -0.381 e. The normalized spacial score (nSPS) is 22.7. The molecule has 1 aromatic heterocycles. The third-order valence-electron chi connectivity index (χ3n) is 5.15. The smallest absolute Gasteiger partial charge is 0.169 e. The van der Waals surface area contributed by atoms with Crippen LogP contribution in [0.2, 0.25) is 0 Å². The summed E-state index contributed by atoms with van der Waals surface area (Å²) in [6.07, 6.45) is 5.12. The summed E-state index contributed by atoms with van der Waals surface area (Å²) in [5.41, 5.74) is 8.65. The Morgan fingerprint density at radius 3 is 2.36 bits per heavy atom. The van der Waals surface area contributed by atoms with Crippen molar-refractivity contribution in [3.8, 4) is 11.3 Å². The molecular formula is C19H26N2O. The minimum absolute atomic E-state index is 0.421. The molecule has 0 aliphatic heterocycles. The molecule has 0 amide bonds. The molecule has 1 saturated carbocycles. The van der Waals surface area contributed by atoms with E-state index in [0.29, 0.717) is 17.2 Å². The quantitative estimate of drug-likeness (QED) is 0.824. The van der Waals surface area contributed by atoms with Crippen LogP contribution in [-0.4, -0.2) is 5.16 Å². The van der Waals surface area contributed by atoms with E-state index in [9.17, 15) is 0 Å². The van der Waals surface area contributed by atoms with Gasteiger partial charge in [-0.15, -0.1) is 0 Å². The maximum Gasteiger partial charge on any atom is 0.169 e. The predicted octanol–water partition coefficient (Wildman–Crippen LogP) is 5.24. The van der Waals surface area contributed by atoms with Crippen LogP contribution >= 0.6 is 0 Å². The number of anilines is 1. The summed E-state index contributed by atoms with van der Waals surface area (Å²) in [5, 5.41) is 3.83. The summed E-state index contributed by atoms with van der Waals surface area (Å²) in [5.74, 6) is 2.67. The van der Waals surface area contributed by atoms with Crippen LogP contribution in [0.3, 0.4) is 0 Å². The van der Waals surface area contributed by atoms with Gasteiger partial charge >= 0.3 is 0 Å². The molecular weight excluding hydrogens is 272 g/mol. The van der Waals surface area contributed by atoms with E-state index in [1.807, 2.05) is 6.07 Å². The van der Waals surface area contributed by atoms with E-state index >= 15 is 0 Å². The maximum absolute atomic E-state index is 5.71. The fraction of sp³-hybridized carbons (Fsp3) is 0.526. The summed E-state index contributed by atoms with van der Waals surface area (Å²) in [6, 6.07) is 10.3. The first-order valence-electron chi connectivity index (χ1n) is 8.26. The van der Waals surface area contributed by atoms with E-state index in [4.69, 9.17) is 10.3 Å². The second kappa shape index (κ2) is 5.79. The number of nitrogen functional groups attached to an aromatic ring is 1. The molecule has 1 aliphatic rings. The Labute approximate surface area is 132 Å². The Bertz CT molecular complexity index is 631. The average Bonchev–Trinajstić information content (AvgIpc) is 2.93. The highest BCUT2D eigenvalue weighted by Crippen LogP contribution is 2.45. The standard InChI is InChI=1S/C19H26N2O/c1-19(2,3)14-10-8-13(9-11-14)15-6-4-5-7-16(15)17-12-18(20)21-22-17/h4-7,12-14H,8-11H2,1-3H3,(H2,20,21). The number of nitrogens with two attached hydrogens (primary N) is 1. The van der Waals surface area contributed by atoms with Crippen molar-refractivity contribution in [1.82, 2.24) is 5.16 Å². The molecule has 1 fully saturated rings. The predicted molar refractivity (Wildman–Crippen MR) is 90.5 cm³/mol. The molecule has 2 N–H and O–H groups in total. The first kappa shape index (κ1) is 15.1. The van der Waals surface area contributed by atoms with Gasteiger partial charge in [0.15, 0.2) is 11.6 Å². The fourth-order valence-corrected chi connectivity index (χ4v) is 3.76. The lowest BCUT2D eigenvalue weighted by Gasteiger charge is -2.37. The molecule has 0 atom stereocenters. The maximum atomic E-state index is 5.71. The summed E-state index contributed by atoms with van der Waals surface area (Å²) in [6.45, 7) is 7.09. The Morgan fingerprint density at radius 1 is 1.09 bits per heavy atom. The van der Waals surface area contributed by atoms with Crippen molar-refractivity contribution in [2.45, 2.75) is 52.4 Å². The largest absolute Gasteiger partial charge is 0.381 e. The number of benzene rings is 1. The second-order valence-electron chi connectivity index (χ2n) is 7.62. The van der Waals surface area contributed by atoms with Gasteiger partial charge in [0.2, 0.25) is 0 Å². The van der Waals surface area contributed by atoms with Gasteiger partial charge in [0.1, 0.15) is 0 Å². The molecule has 118 valence electrons.